The van der Waals surface area contributed by atoms with Crippen LogP contribution in [0.25, 0.3) is 11.2 Å². The summed E-state index contributed by atoms with van der Waals surface area (Å²) in [5, 5.41) is 3.26. The third kappa shape index (κ3) is 2.63. The van der Waals surface area contributed by atoms with Gasteiger partial charge in [0.1, 0.15) is 11.3 Å². The molecule has 132 valence electrons. The van der Waals surface area contributed by atoms with Crippen LogP contribution >= 0.6 is 0 Å². The van der Waals surface area contributed by atoms with Crippen molar-refractivity contribution in [2.75, 3.05) is 23.9 Å². The van der Waals surface area contributed by atoms with Crippen molar-refractivity contribution in [1.29, 1.82) is 0 Å². The lowest BCUT2D eigenvalue weighted by atomic mass is 10.3. The van der Waals surface area contributed by atoms with E-state index in [0.29, 0.717) is 11.6 Å². The molecule has 0 radical (unpaired) electrons. The molecule has 1 N–H and O–H groups in total. The molecule has 5 rings (SSSR count). The molecule has 4 heterocycles. The predicted octanol–water partition coefficient (Wildman–Crippen LogP) is 2.34. The first-order valence-electron chi connectivity index (χ1n) is 8.66. The summed E-state index contributed by atoms with van der Waals surface area (Å²) in [6.45, 7) is 1.00. The van der Waals surface area contributed by atoms with Crippen LogP contribution < -0.4 is 15.0 Å². The Morgan fingerprint density at radius 2 is 2.19 bits per heavy atom. The Morgan fingerprint density at radius 1 is 1.31 bits per heavy atom. The molecule has 8 heteroatoms. The Morgan fingerprint density at radius 3 is 3.04 bits per heavy atom. The number of carbonyl (C=O) groups excluding carboxylic acids is 1. The molecule has 3 aromatic heterocycles. The van der Waals surface area contributed by atoms with E-state index in [1.54, 1.807) is 13.2 Å². The van der Waals surface area contributed by atoms with Gasteiger partial charge in [0, 0.05) is 19.7 Å². The summed E-state index contributed by atoms with van der Waals surface area (Å²) in [7, 11) is 1.69. The van der Waals surface area contributed by atoms with Gasteiger partial charge in [0.15, 0.2) is 23.8 Å². The molecule has 0 aromatic carbocycles. The molecule has 26 heavy (non-hydrogen) atoms. The number of hydrogen-bond acceptors (Lipinski definition) is 6. The lowest BCUT2D eigenvalue weighted by Gasteiger charge is -2.24. The summed E-state index contributed by atoms with van der Waals surface area (Å²) in [4.78, 5) is 26.6. The van der Waals surface area contributed by atoms with E-state index in [0.717, 1.165) is 35.1 Å². The number of likely N-dealkylation sites (N-methyl/N-ethyl adjacent to an activating group) is 1. The normalized spacial score (nSPS) is 16.5. The highest BCUT2D eigenvalue weighted by Crippen LogP contribution is 2.33. The minimum atomic E-state index is -0.109. The van der Waals surface area contributed by atoms with Gasteiger partial charge in [0.2, 0.25) is 0 Å². The monoisotopic (exact) mass is 350 g/mol. The van der Waals surface area contributed by atoms with E-state index in [2.05, 4.69) is 19.9 Å². The fraction of sp³-hybridized carbons (Fsp3) is 0.333. The van der Waals surface area contributed by atoms with Crippen LogP contribution in [-0.2, 0) is 11.3 Å². The van der Waals surface area contributed by atoms with Gasteiger partial charge in [-0.15, -0.1) is 0 Å². The molecule has 1 saturated carbocycles. The number of amides is 1. The minimum Gasteiger partial charge on any atom is -0.480 e. The number of imidazole rings is 1. The third-order valence-corrected chi connectivity index (χ3v) is 4.76. The molecule has 2 aliphatic rings. The highest BCUT2D eigenvalue weighted by atomic mass is 16.5. The highest BCUT2D eigenvalue weighted by Gasteiger charge is 2.24. The number of nitrogens with one attached hydrogen (secondary N) is 1. The van der Waals surface area contributed by atoms with E-state index >= 15 is 0 Å². The molecule has 1 fully saturated rings. The number of pyridine rings is 2. The molecule has 1 amide bonds. The van der Waals surface area contributed by atoms with Crippen molar-refractivity contribution >= 4 is 34.4 Å². The van der Waals surface area contributed by atoms with Crippen molar-refractivity contribution in [3.63, 3.8) is 0 Å². The molecular weight excluding hydrogens is 332 g/mol. The van der Waals surface area contributed by atoms with E-state index in [4.69, 9.17) is 9.72 Å². The van der Waals surface area contributed by atoms with E-state index in [9.17, 15) is 4.79 Å². The summed E-state index contributed by atoms with van der Waals surface area (Å²) in [5.74, 6) is 2.47. The van der Waals surface area contributed by atoms with Gasteiger partial charge in [-0.05, 0) is 30.9 Å². The van der Waals surface area contributed by atoms with Gasteiger partial charge in [-0.2, -0.15) is 0 Å². The van der Waals surface area contributed by atoms with Crippen LogP contribution in [0.2, 0.25) is 0 Å². The number of ether oxygens (including phenoxy) is 1. The molecule has 0 bridgehead atoms. The molecule has 0 atom stereocenters. The largest absolute Gasteiger partial charge is 0.480 e. The summed E-state index contributed by atoms with van der Waals surface area (Å²) in [5.41, 5.74) is 2.53. The maximum atomic E-state index is 11.7. The van der Waals surface area contributed by atoms with E-state index in [1.807, 2.05) is 24.5 Å². The Labute approximate surface area is 149 Å². The Kier molecular flexibility index (Phi) is 3.31. The van der Waals surface area contributed by atoms with Gasteiger partial charge in [-0.25, -0.2) is 15.0 Å². The van der Waals surface area contributed by atoms with Gasteiger partial charge in [-0.1, -0.05) is 0 Å². The minimum absolute atomic E-state index is 0.0270. The Hall–Kier alpha value is -3.16. The van der Waals surface area contributed by atoms with Gasteiger partial charge in [0.25, 0.3) is 5.91 Å². The van der Waals surface area contributed by atoms with Crippen molar-refractivity contribution in [1.82, 2.24) is 19.5 Å². The first kappa shape index (κ1) is 15.1. The third-order valence-electron chi connectivity index (χ3n) is 4.76. The topological polar surface area (TPSA) is 85.2 Å². The molecule has 8 nitrogen and oxygen atoms in total. The maximum absolute atomic E-state index is 11.7. The Bertz CT molecular complexity index is 1010. The Balaban J connectivity index is 1.43. The van der Waals surface area contributed by atoms with Crippen LogP contribution in [0.5, 0.6) is 5.75 Å². The lowest BCUT2D eigenvalue weighted by Crippen LogP contribution is -2.36. The van der Waals surface area contributed by atoms with Gasteiger partial charge in [-0.3, -0.25) is 9.69 Å². The average Bonchev–Trinajstić information content (AvgIpc) is 3.38. The van der Waals surface area contributed by atoms with Crippen LogP contribution in [0.3, 0.4) is 0 Å². The molecule has 0 saturated heterocycles. The number of anilines is 3. The summed E-state index contributed by atoms with van der Waals surface area (Å²) in [6, 6.07) is 5.69. The van der Waals surface area contributed by atoms with E-state index < -0.39 is 0 Å². The second-order valence-corrected chi connectivity index (χ2v) is 6.79. The molecule has 1 aliphatic heterocycles. The van der Waals surface area contributed by atoms with Crippen molar-refractivity contribution < 1.29 is 9.53 Å². The van der Waals surface area contributed by atoms with Crippen LogP contribution in [0.4, 0.5) is 17.3 Å². The second-order valence-electron chi connectivity index (χ2n) is 6.79. The molecular formula is C18H18N6O2. The van der Waals surface area contributed by atoms with Gasteiger partial charge >= 0.3 is 0 Å². The van der Waals surface area contributed by atoms with Crippen LogP contribution in [-0.4, -0.2) is 39.1 Å². The van der Waals surface area contributed by atoms with Crippen LogP contribution in [0.1, 0.15) is 12.8 Å². The van der Waals surface area contributed by atoms with Crippen molar-refractivity contribution in [3.8, 4) is 5.75 Å². The number of rotatable bonds is 4. The van der Waals surface area contributed by atoms with Gasteiger partial charge < -0.3 is 14.6 Å². The van der Waals surface area contributed by atoms with Crippen molar-refractivity contribution in [2.45, 2.75) is 19.4 Å². The first-order chi connectivity index (χ1) is 12.7. The smallest absolute Gasteiger partial charge is 0.265 e. The second kappa shape index (κ2) is 5.69. The number of carbonyl (C=O) groups is 1. The van der Waals surface area contributed by atoms with Crippen LogP contribution in [0, 0.1) is 5.92 Å². The summed E-state index contributed by atoms with van der Waals surface area (Å²) in [6.07, 6.45) is 6.11. The fourth-order valence-electron chi connectivity index (χ4n) is 3.09. The number of aromatic nitrogens is 4. The number of fused-ring (bicyclic) bond motifs is 2. The standard InChI is InChI=1S/C18H18N6O2/c1-23-16(25)9-26-14-6-12(7-19-18(14)23)21-15-5-4-13-17(22-15)24(10-20-13)8-11-2-3-11/h4-7,10-11H,2-3,8-9H2,1H3,(H,21,22). The maximum Gasteiger partial charge on any atom is 0.265 e. The zero-order chi connectivity index (χ0) is 17.7. The molecule has 1 aliphatic carbocycles. The number of hydrogen-bond donors (Lipinski definition) is 1. The van der Waals surface area contributed by atoms with E-state index in [1.165, 1.54) is 17.7 Å². The fourth-order valence-corrected chi connectivity index (χ4v) is 3.09. The zero-order valence-corrected chi connectivity index (χ0v) is 14.3. The summed E-state index contributed by atoms with van der Waals surface area (Å²) < 4.78 is 7.60. The average molecular weight is 350 g/mol. The quantitative estimate of drug-likeness (QED) is 0.777. The van der Waals surface area contributed by atoms with Crippen molar-refractivity contribution in [2.24, 2.45) is 5.92 Å². The molecule has 0 spiro atoms. The van der Waals surface area contributed by atoms with Crippen molar-refractivity contribution in [3.05, 3.63) is 30.7 Å². The summed E-state index contributed by atoms with van der Waals surface area (Å²) >= 11 is 0. The lowest BCUT2D eigenvalue weighted by molar-refractivity contribution is -0.121. The van der Waals surface area contributed by atoms with E-state index in [-0.39, 0.29) is 12.5 Å². The molecule has 0 unspecified atom stereocenters. The SMILES string of the molecule is CN1C(=O)COc2cc(Nc3ccc4ncn(CC5CC5)c4n3)cnc21. The number of nitrogens with zero attached hydrogens (tertiary/aromatic N) is 5. The highest BCUT2D eigenvalue weighted by molar-refractivity contribution is 5.96. The van der Waals surface area contributed by atoms with Gasteiger partial charge in [0.05, 0.1) is 18.2 Å². The zero-order valence-electron chi connectivity index (χ0n) is 14.3. The molecule has 3 aromatic rings. The first-order valence-corrected chi connectivity index (χ1v) is 8.66. The predicted molar refractivity (Wildman–Crippen MR) is 96.7 cm³/mol. The van der Waals surface area contributed by atoms with Crippen LogP contribution in [0.15, 0.2) is 30.7 Å².